The van der Waals surface area contributed by atoms with Gasteiger partial charge in [-0.3, -0.25) is 4.79 Å². The Labute approximate surface area is 267 Å². The molecule has 2 fully saturated rings. The summed E-state index contributed by atoms with van der Waals surface area (Å²) in [5, 5.41) is 9.69. The van der Waals surface area contributed by atoms with Crippen molar-refractivity contribution in [3.63, 3.8) is 0 Å². The van der Waals surface area contributed by atoms with Crippen LogP contribution in [0.1, 0.15) is 70.1 Å². The molecule has 248 valence electrons. The first-order chi connectivity index (χ1) is 20.9. The number of hydrogen-bond donors (Lipinski definition) is 3. The average molecular weight is 639 g/mol. The number of esters is 1. The van der Waals surface area contributed by atoms with Crippen molar-refractivity contribution >= 4 is 29.7 Å². The molecule has 1 aromatic rings. The molecule has 1 aromatic carbocycles. The van der Waals surface area contributed by atoms with Gasteiger partial charge in [0.2, 0.25) is 0 Å². The van der Waals surface area contributed by atoms with Crippen LogP contribution in [0, 0.1) is 18.8 Å². The zero-order valence-electron chi connectivity index (χ0n) is 26.9. The van der Waals surface area contributed by atoms with Crippen LogP contribution in [0.15, 0.2) is 18.2 Å². The number of carbonyl (C=O) groups is 3. The SMILES string of the molecule is COC(=O)NCCO[C@@H](c1cc(Cl)ccc1C)[C@@H]1CCCN(C(=O)NC[C@H](C[C@H]2CCCOC2)NCC(=O)OC(C)(C)C)C1. The number of alkyl carbamates (subject to hydrolysis) is 1. The monoisotopic (exact) mass is 638 g/mol. The second-order valence-corrected chi connectivity index (χ2v) is 13.2. The van der Waals surface area contributed by atoms with E-state index >= 15 is 0 Å². The van der Waals surface area contributed by atoms with Gasteiger partial charge in [-0.05, 0) is 89.0 Å². The number of rotatable bonds is 13. The summed E-state index contributed by atoms with van der Waals surface area (Å²) in [4.78, 5) is 39.2. The second kappa shape index (κ2) is 17.8. The number of ether oxygens (including phenoxy) is 4. The quantitative estimate of drug-likeness (QED) is 0.211. The lowest BCUT2D eigenvalue weighted by Gasteiger charge is -2.38. The van der Waals surface area contributed by atoms with Gasteiger partial charge >= 0.3 is 18.1 Å². The lowest BCUT2D eigenvalue weighted by Crippen LogP contribution is -2.51. The molecule has 3 N–H and O–H groups in total. The Morgan fingerprint density at radius 1 is 1.16 bits per heavy atom. The molecule has 12 heteroatoms. The van der Waals surface area contributed by atoms with E-state index in [-0.39, 0.29) is 43.2 Å². The first-order valence-corrected chi connectivity index (χ1v) is 16.1. The van der Waals surface area contributed by atoms with E-state index in [0.717, 1.165) is 49.8 Å². The Hall–Kier alpha value is -2.60. The molecular formula is C32H51ClN4O7. The van der Waals surface area contributed by atoms with E-state index in [4.69, 9.17) is 25.8 Å². The van der Waals surface area contributed by atoms with Gasteiger partial charge in [-0.15, -0.1) is 0 Å². The first-order valence-electron chi connectivity index (χ1n) is 15.7. The van der Waals surface area contributed by atoms with Gasteiger partial charge in [-0.25, -0.2) is 9.59 Å². The van der Waals surface area contributed by atoms with Gasteiger partial charge in [0.25, 0.3) is 0 Å². The van der Waals surface area contributed by atoms with Crippen LogP contribution in [0.25, 0.3) is 0 Å². The molecule has 3 rings (SSSR count). The Bertz CT molecular complexity index is 1080. The third-order valence-electron chi connectivity index (χ3n) is 7.90. The molecule has 4 atom stereocenters. The third kappa shape index (κ3) is 12.4. The second-order valence-electron chi connectivity index (χ2n) is 12.7. The number of carbonyl (C=O) groups excluding carboxylic acids is 3. The first kappa shape index (κ1) is 35.9. The van der Waals surface area contributed by atoms with Crippen molar-refractivity contribution < 1.29 is 33.3 Å². The Morgan fingerprint density at radius 2 is 1.95 bits per heavy atom. The van der Waals surface area contributed by atoms with E-state index in [1.165, 1.54) is 7.11 Å². The maximum absolute atomic E-state index is 13.5. The van der Waals surface area contributed by atoms with Gasteiger partial charge in [0.1, 0.15) is 5.60 Å². The maximum Gasteiger partial charge on any atom is 0.406 e. The highest BCUT2D eigenvalue weighted by atomic mass is 35.5. The summed E-state index contributed by atoms with van der Waals surface area (Å²) in [7, 11) is 1.32. The predicted octanol–water partition coefficient (Wildman–Crippen LogP) is 4.60. The lowest BCUT2D eigenvalue weighted by atomic mass is 9.86. The number of methoxy groups -OCH3 is 1. The van der Waals surface area contributed by atoms with Crippen molar-refractivity contribution in [2.45, 2.75) is 77.5 Å². The van der Waals surface area contributed by atoms with Crippen LogP contribution in [0.2, 0.25) is 5.02 Å². The van der Waals surface area contributed by atoms with Gasteiger partial charge < -0.3 is 39.8 Å². The van der Waals surface area contributed by atoms with Crippen LogP contribution in [0.3, 0.4) is 0 Å². The highest BCUT2D eigenvalue weighted by Crippen LogP contribution is 2.35. The molecule has 0 bridgehead atoms. The standard InChI is InChI=1S/C32H51ClN4O7/c1-22-10-11-25(33)17-27(22)29(43-15-12-34-31(40)41-5)24-9-6-13-37(20-24)30(39)36-18-26(16-23-8-7-14-42-21-23)35-19-28(38)44-32(2,3)4/h10-11,17,23-24,26,29,35H,6-9,12-16,18-21H2,1-5H3,(H,34,40)(H,36,39)/t23-,24-,26+,29-/m1/s1. The van der Waals surface area contributed by atoms with E-state index in [9.17, 15) is 14.4 Å². The number of aryl methyl sites for hydroxylation is 1. The van der Waals surface area contributed by atoms with Gasteiger partial charge in [-0.1, -0.05) is 17.7 Å². The van der Waals surface area contributed by atoms with E-state index < -0.39 is 11.7 Å². The molecule has 0 spiro atoms. The zero-order valence-corrected chi connectivity index (χ0v) is 27.7. The topological polar surface area (TPSA) is 127 Å². The van der Waals surface area contributed by atoms with E-state index in [1.54, 1.807) is 0 Å². The number of nitrogens with one attached hydrogen (secondary N) is 3. The predicted molar refractivity (Wildman–Crippen MR) is 169 cm³/mol. The summed E-state index contributed by atoms with van der Waals surface area (Å²) in [5.74, 6) is 0.0747. The van der Waals surface area contributed by atoms with Gasteiger partial charge in [0, 0.05) is 56.4 Å². The minimum Gasteiger partial charge on any atom is -0.459 e. The highest BCUT2D eigenvalue weighted by Gasteiger charge is 2.32. The van der Waals surface area contributed by atoms with Crippen LogP contribution in [0.5, 0.6) is 0 Å². The van der Waals surface area contributed by atoms with Crippen molar-refractivity contribution in [2.75, 3.05) is 59.7 Å². The summed E-state index contributed by atoms with van der Waals surface area (Å²) >= 11 is 6.37. The molecule has 3 amide bonds. The van der Waals surface area contributed by atoms with Crippen LogP contribution >= 0.6 is 11.6 Å². The van der Waals surface area contributed by atoms with E-state index in [1.807, 2.05) is 50.8 Å². The zero-order chi connectivity index (χ0) is 32.1. The molecule has 2 aliphatic heterocycles. The fourth-order valence-corrected chi connectivity index (χ4v) is 5.99. The molecule has 2 heterocycles. The summed E-state index contributed by atoms with van der Waals surface area (Å²) in [6, 6.07) is 5.49. The van der Waals surface area contributed by atoms with Gasteiger partial charge in [-0.2, -0.15) is 0 Å². The maximum atomic E-state index is 13.5. The molecule has 0 unspecified atom stereocenters. The number of halogens is 1. The van der Waals surface area contributed by atoms with E-state index in [0.29, 0.717) is 43.7 Å². The minimum atomic E-state index is -0.562. The molecule has 11 nitrogen and oxygen atoms in total. The number of likely N-dealkylation sites (tertiary alicyclic amines) is 1. The van der Waals surface area contributed by atoms with E-state index in [2.05, 4.69) is 20.7 Å². The van der Waals surface area contributed by atoms with Crippen molar-refractivity contribution in [1.29, 1.82) is 0 Å². The molecule has 0 radical (unpaired) electrons. The fraction of sp³-hybridized carbons (Fsp3) is 0.719. The van der Waals surface area contributed by atoms with Crippen LogP contribution in [-0.2, 0) is 23.7 Å². The number of nitrogens with zero attached hydrogens (tertiary/aromatic N) is 1. The highest BCUT2D eigenvalue weighted by molar-refractivity contribution is 6.30. The normalized spacial score (nSPS) is 20.4. The number of amides is 3. The Kier molecular flexibility index (Phi) is 14.5. The molecule has 0 aromatic heterocycles. The fourth-order valence-electron chi connectivity index (χ4n) is 5.81. The molecular weight excluding hydrogens is 588 g/mol. The Morgan fingerprint density at radius 3 is 2.66 bits per heavy atom. The number of hydrogen-bond acceptors (Lipinski definition) is 8. The number of benzene rings is 1. The minimum absolute atomic E-state index is 0.0327. The van der Waals surface area contributed by atoms with Gasteiger partial charge in [0.05, 0.1) is 26.4 Å². The largest absolute Gasteiger partial charge is 0.459 e. The molecule has 2 saturated heterocycles. The molecule has 2 aliphatic rings. The molecule has 44 heavy (non-hydrogen) atoms. The van der Waals surface area contributed by atoms with Crippen molar-refractivity contribution in [3.8, 4) is 0 Å². The third-order valence-corrected chi connectivity index (χ3v) is 8.14. The van der Waals surface area contributed by atoms with Crippen LogP contribution in [0.4, 0.5) is 9.59 Å². The number of urea groups is 1. The summed E-state index contributed by atoms with van der Waals surface area (Å²) < 4.78 is 22.1. The Balaban J connectivity index is 1.63. The van der Waals surface area contributed by atoms with Crippen molar-refractivity contribution in [1.82, 2.24) is 20.9 Å². The van der Waals surface area contributed by atoms with Crippen LogP contribution in [-0.4, -0.2) is 94.3 Å². The average Bonchev–Trinajstić information content (AvgIpc) is 2.99. The molecule has 0 aliphatic carbocycles. The summed E-state index contributed by atoms with van der Waals surface area (Å²) in [5.41, 5.74) is 1.46. The van der Waals surface area contributed by atoms with Crippen molar-refractivity contribution in [3.05, 3.63) is 34.3 Å². The van der Waals surface area contributed by atoms with Crippen LogP contribution < -0.4 is 16.0 Å². The van der Waals surface area contributed by atoms with Gasteiger partial charge in [0.15, 0.2) is 0 Å². The lowest BCUT2D eigenvalue weighted by molar-refractivity contribution is -0.153. The number of piperidine rings is 1. The summed E-state index contributed by atoms with van der Waals surface area (Å²) in [6.07, 6.45) is 3.75. The summed E-state index contributed by atoms with van der Waals surface area (Å²) in [6.45, 7) is 11.2. The van der Waals surface area contributed by atoms with Crippen molar-refractivity contribution in [2.24, 2.45) is 11.8 Å². The smallest absolute Gasteiger partial charge is 0.406 e. The molecule has 0 saturated carbocycles.